The van der Waals surface area contributed by atoms with Crippen LogP contribution in [-0.4, -0.2) is 19.2 Å². The van der Waals surface area contributed by atoms with E-state index in [0.29, 0.717) is 30.3 Å². The maximum atomic E-state index is 12.1. The molecule has 1 aliphatic heterocycles. The zero-order chi connectivity index (χ0) is 13.1. The first-order valence-electron chi connectivity index (χ1n) is 5.93. The van der Waals surface area contributed by atoms with Crippen LogP contribution in [0.2, 0.25) is 0 Å². The SMILES string of the molecule is O=C(OCc1cccs1)c1cccc2c1OCCO2. The molecule has 3 rings (SSSR count). The van der Waals surface area contributed by atoms with Crippen molar-refractivity contribution in [1.29, 1.82) is 0 Å². The summed E-state index contributed by atoms with van der Waals surface area (Å²) in [5, 5.41) is 1.95. The van der Waals surface area contributed by atoms with Gasteiger partial charge in [0.15, 0.2) is 11.5 Å². The van der Waals surface area contributed by atoms with E-state index >= 15 is 0 Å². The number of ether oxygens (including phenoxy) is 3. The Hall–Kier alpha value is -2.01. The molecule has 2 aromatic rings. The molecule has 2 heterocycles. The van der Waals surface area contributed by atoms with E-state index in [-0.39, 0.29) is 6.61 Å². The molecule has 0 amide bonds. The van der Waals surface area contributed by atoms with Crippen molar-refractivity contribution in [2.45, 2.75) is 6.61 Å². The van der Waals surface area contributed by atoms with Gasteiger partial charge in [0.25, 0.3) is 0 Å². The van der Waals surface area contributed by atoms with Gasteiger partial charge in [0, 0.05) is 4.88 Å². The molecule has 0 spiro atoms. The predicted octanol–water partition coefficient (Wildman–Crippen LogP) is 2.88. The normalized spacial score (nSPS) is 13.1. The fraction of sp³-hybridized carbons (Fsp3) is 0.214. The van der Waals surface area contributed by atoms with Gasteiger partial charge < -0.3 is 14.2 Å². The lowest BCUT2D eigenvalue weighted by atomic mass is 10.2. The summed E-state index contributed by atoms with van der Waals surface area (Å²) in [6.07, 6.45) is 0. The minimum absolute atomic E-state index is 0.279. The molecule has 0 fully saturated rings. The summed E-state index contributed by atoms with van der Waals surface area (Å²) in [4.78, 5) is 13.1. The average Bonchev–Trinajstić information content (AvgIpc) is 2.97. The lowest BCUT2D eigenvalue weighted by Gasteiger charge is -2.20. The average molecular weight is 276 g/mol. The van der Waals surface area contributed by atoms with Gasteiger partial charge in [0.1, 0.15) is 25.4 Å². The number of rotatable bonds is 3. The third-order valence-electron chi connectivity index (χ3n) is 2.71. The second-order valence-corrected chi connectivity index (χ2v) is 5.02. The summed E-state index contributed by atoms with van der Waals surface area (Å²) in [7, 11) is 0. The zero-order valence-corrected chi connectivity index (χ0v) is 10.9. The van der Waals surface area contributed by atoms with Gasteiger partial charge in [0.05, 0.1) is 0 Å². The molecule has 0 N–H and O–H groups in total. The highest BCUT2D eigenvalue weighted by atomic mass is 32.1. The molecule has 0 unspecified atom stereocenters. The molecule has 0 bridgehead atoms. The van der Waals surface area contributed by atoms with E-state index in [1.165, 1.54) is 0 Å². The van der Waals surface area contributed by atoms with Crippen LogP contribution in [0.5, 0.6) is 11.5 Å². The van der Waals surface area contributed by atoms with Crippen molar-refractivity contribution in [3.8, 4) is 11.5 Å². The summed E-state index contributed by atoms with van der Waals surface area (Å²) < 4.78 is 16.2. The van der Waals surface area contributed by atoms with Crippen molar-refractivity contribution in [3.63, 3.8) is 0 Å². The Morgan fingerprint density at radius 3 is 2.95 bits per heavy atom. The molecule has 98 valence electrons. The third-order valence-corrected chi connectivity index (χ3v) is 3.56. The highest BCUT2D eigenvalue weighted by Crippen LogP contribution is 2.34. The van der Waals surface area contributed by atoms with Crippen LogP contribution in [0.25, 0.3) is 0 Å². The molecule has 4 nitrogen and oxygen atoms in total. The fourth-order valence-corrected chi connectivity index (χ4v) is 2.46. The van der Waals surface area contributed by atoms with Crippen LogP contribution in [0.15, 0.2) is 35.7 Å². The van der Waals surface area contributed by atoms with Crippen molar-refractivity contribution in [3.05, 3.63) is 46.2 Å². The van der Waals surface area contributed by atoms with Gasteiger partial charge in [-0.05, 0) is 23.6 Å². The molecule has 0 saturated carbocycles. The van der Waals surface area contributed by atoms with Gasteiger partial charge in [-0.2, -0.15) is 0 Å². The van der Waals surface area contributed by atoms with Gasteiger partial charge in [0.2, 0.25) is 0 Å². The molecule has 1 aromatic carbocycles. The minimum Gasteiger partial charge on any atom is -0.486 e. The standard InChI is InChI=1S/C14H12O4S/c15-14(18-9-10-3-2-8-19-10)11-4-1-5-12-13(11)17-7-6-16-12/h1-5,8H,6-7,9H2. The van der Waals surface area contributed by atoms with Gasteiger partial charge in [-0.25, -0.2) is 4.79 Å². The number of para-hydroxylation sites is 1. The van der Waals surface area contributed by atoms with Gasteiger partial charge in [-0.3, -0.25) is 0 Å². The Bertz CT molecular complexity index is 577. The van der Waals surface area contributed by atoms with E-state index < -0.39 is 5.97 Å². The summed E-state index contributed by atoms with van der Waals surface area (Å²) in [5.41, 5.74) is 0.411. The van der Waals surface area contributed by atoms with Crippen molar-refractivity contribution < 1.29 is 19.0 Å². The van der Waals surface area contributed by atoms with E-state index in [9.17, 15) is 4.79 Å². The van der Waals surface area contributed by atoms with Gasteiger partial charge in [-0.15, -0.1) is 11.3 Å². The maximum Gasteiger partial charge on any atom is 0.342 e. The van der Waals surface area contributed by atoms with Crippen LogP contribution in [0.4, 0.5) is 0 Å². The topological polar surface area (TPSA) is 44.8 Å². The number of carbonyl (C=O) groups is 1. The predicted molar refractivity (Wildman–Crippen MR) is 70.9 cm³/mol. The quantitative estimate of drug-likeness (QED) is 0.809. The molecule has 0 saturated heterocycles. The first-order chi connectivity index (χ1) is 9.34. The van der Waals surface area contributed by atoms with Crippen molar-refractivity contribution >= 4 is 17.3 Å². The second-order valence-electron chi connectivity index (χ2n) is 3.99. The number of thiophene rings is 1. The molecule has 19 heavy (non-hydrogen) atoms. The number of benzene rings is 1. The van der Waals surface area contributed by atoms with E-state index in [2.05, 4.69) is 0 Å². The minimum atomic E-state index is -0.393. The number of fused-ring (bicyclic) bond motifs is 1. The first kappa shape index (κ1) is 12.0. The molecule has 1 aliphatic rings. The second kappa shape index (κ2) is 5.32. The number of esters is 1. The molecular weight excluding hydrogens is 264 g/mol. The highest BCUT2D eigenvalue weighted by Gasteiger charge is 2.21. The van der Waals surface area contributed by atoms with Gasteiger partial charge >= 0.3 is 5.97 Å². The van der Waals surface area contributed by atoms with Crippen molar-refractivity contribution in [1.82, 2.24) is 0 Å². The van der Waals surface area contributed by atoms with E-state index in [4.69, 9.17) is 14.2 Å². The van der Waals surface area contributed by atoms with E-state index in [1.54, 1.807) is 29.5 Å². The van der Waals surface area contributed by atoms with Crippen LogP contribution in [0, 0.1) is 0 Å². The monoisotopic (exact) mass is 276 g/mol. The highest BCUT2D eigenvalue weighted by molar-refractivity contribution is 7.09. The Morgan fingerprint density at radius 2 is 2.11 bits per heavy atom. The van der Waals surface area contributed by atoms with Gasteiger partial charge in [-0.1, -0.05) is 12.1 Å². The molecule has 0 atom stereocenters. The van der Waals surface area contributed by atoms with Crippen LogP contribution in [-0.2, 0) is 11.3 Å². The van der Waals surface area contributed by atoms with Crippen molar-refractivity contribution in [2.24, 2.45) is 0 Å². The summed E-state index contributed by atoms with van der Waals surface area (Å²) in [6, 6.07) is 9.08. The molecular formula is C14H12O4S. The molecule has 0 aliphatic carbocycles. The maximum absolute atomic E-state index is 12.1. The summed E-state index contributed by atoms with van der Waals surface area (Å²) in [5.74, 6) is 0.678. The first-order valence-corrected chi connectivity index (χ1v) is 6.80. The lowest BCUT2D eigenvalue weighted by Crippen LogP contribution is -2.18. The summed E-state index contributed by atoms with van der Waals surface area (Å²) >= 11 is 1.56. The molecule has 5 heteroatoms. The number of hydrogen-bond donors (Lipinski definition) is 0. The van der Waals surface area contributed by atoms with Crippen LogP contribution >= 0.6 is 11.3 Å². The summed E-state index contributed by atoms with van der Waals surface area (Å²) in [6.45, 7) is 1.23. The Balaban J connectivity index is 1.76. The Labute approximate surface area is 114 Å². The van der Waals surface area contributed by atoms with Crippen LogP contribution < -0.4 is 9.47 Å². The Morgan fingerprint density at radius 1 is 1.21 bits per heavy atom. The third kappa shape index (κ3) is 2.56. The molecule has 0 radical (unpaired) electrons. The lowest BCUT2D eigenvalue weighted by molar-refractivity contribution is 0.0467. The fourth-order valence-electron chi connectivity index (χ4n) is 1.84. The van der Waals surface area contributed by atoms with E-state index in [0.717, 1.165) is 4.88 Å². The van der Waals surface area contributed by atoms with Crippen LogP contribution in [0.1, 0.15) is 15.2 Å². The number of hydrogen-bond acceptors (Lipinski definition) is 5. The largest absolute Gasteiger partial charge is 0.486 e. The van der Waals surface area contributed by atoms with E-state index in [1.807, 2.05) is 17.5 Å². The Kier molecular flexibility index (Phi) is 3.37. The smallest absolute Gasteiger partial charge is 0.342 e. The number of carbonyl (C=O) groups excluding carboxylic acids is 1. The van der Waals surface area contributed by atoms with Crippen molar-refractivity contribution in [2.75, 3.05) is 13.2 Å². The van der Waals surface area contributed by atoms with Crippen LogP contribution in [0.3, 0.4) is 0 Å². The molecule has 1 aromatic heterocycles. The zero-order valence-electron chi connectivity index (χ0n) is 10.1.